The molecule has 5 heteroatoms. The Morgan fingerprint density at radius 3 is 2.50 bits per heavy atom. The molecule has 2 aromatic rings. The fourth-order valence-electron chi connectivity index (χ4n) is 2.14. The molecule has 0 radical (unpaired) electrons. The van der Waals surface area contributed by atoms with Crippen molar-refractivity contribution in [2.24, 2.45) is 5.11 Å². The Morgan fingerprint density at radius 1 is 1.14 bits per heavy atom. The summed E-state index contributed by atoms with van der Waals surface area (Å²) in [4.78, 5) is 16.6. The van der Waals surface area contributed by atoms with Crippen LogP contribution in [0.3, 0.4) is 0 Å². The minimum atomic E-state index is -0.167. The van der Waals surface area contributed by atoms with Crippen molar-refractivity contribution in [1.29, 1.82) is 0 Å². The lowest BCUT2D eigenvalue weighted by atomic mass is 10.1. The van der Waals surface area contributed by atoms with Gasteiger partial charge in [0.1, 0.15) is 0 Å². The zero-order chi connectivity index (χ0) is 15.8. The monoisotopic (exact) mass is 292 g/mol. The topological polar surface area (TPSA) is 69.1 Å². The van der Waals surface area contributed by atoms with E-state index in [2.05, 4.69) is 16.6 Å². The first-order chi connectivity index (χ1) is 10.7. The summed E-state index contributed by atoms with van der Waals surface area (Å²) in [6, 6.07) is 16.9. The third-order valence-electron chi connectivity index (χ3n) is 3.21. The van der Waals surface area contributed by atoms with Gasteiger partial charge in [-0.25, -0.2) is 0 Å². The van der Waals surface area contributed by atoms with Crippen LogP contribution in [0.1, 0.15) is 11.1 Å². The molecule has 0 atom stereocenters. The first-order valence-electron chi connectivity index (χ1n) is 6.83. The average Bonchev–Trinajstić information content (AvgIpc) is 2.56. The van der Waals surface area contributed by atoms with Crippen molar-refractivity contribution >= 4 is 11.6 Å². The van der Waals surface area contributed by atoms with Crippen LogP contribution in [0.2, 0.25) is 0 Å². The molecule has 0 aliphatic rings. The van der Waals surface area contributed by atoms with Crippen molar-refractivity contribution in [3.63, 3.8) is 0 Å². The number of carbonyl (C=O) groups is 1. The second-order valence-electron chi connectivity index (χ2n) is 4.70. The maximum absolute atomic E-state index is 12.1. The first-order valence-corrected chi connectivity index (χ1v) is 6.83. The van der Waals surface area contributed by atoms with E-state index in [1.807, 2.05) is 42.5 Å². The van der Waals surface area contributed by atoms with Crippen LogP contribution >= 0.6 is 0 Å². The Kier molecular flexibility index (Phi) is 5.35. The van der Waals surface area contributed by atoms with Gasteiger partial charge in [0.05, 0.1) is 0 Å². The molecule has 1 amide bonds. The predicted octanol–water partition coefficient (Wildman–Crippen LogP) is 4.34. The zero-order valence-electron chi connectivity index (χ0n) is 12.1. The number of hydrogen-bond donors (Lipinski definition) is 0. The average molecular weight is 292 g/mol. The van der Waals surface area contributed by atoms with E-state index in [1.165, 1.54) is 6.08 Å². The van der Waals surface area contributed by atoms with E-state index in [9.17, 15) is 4.79 Å². The lowest BCUT2D eigenvalue weighted by molar-refractivity contribution is -0.127. The molecule has 0 heterocycles. The second kappa shape index (κ2) is 7.67. The van der Waals surface area contributed by atoms with Crippen molar-refractivity contribution in [2.75, 3.05) is 0 Å². The summed E-state index contributed by atoms with van der Waals surface area (Å²) >= 11 is 0. The van der Waals surface area contributed by atoms with Crippen molar-refractivity contribution < 1.29 is 4.79 Å². The fraction of sp³-hybridized carbons (Fsp3) is 0.118. The van der Waals surface area contributed by atoms with Crippen molar-refractivity contribution in [1.82, 2.24) is 4.90 Å². The van der Waals surface area contributed by atoms with Gasteiger partial charge in [0.25, 0.3) is 0 Å². The number of azide groups is 1. The second-order valence-corrected chi connectivity index (χ2v) is 4.70. The maximum atomic E-state index is 12.1. The molecule has 0 saturated carbocycles. The highest BCUT2D eigenvalue weighted by molar-refractivity contribution is 5.87. The van der Waals surface area contributed by atoms with Gasteiger partial charge in [-0.1, -0.05) is 66.3 Å². The van der Waals surface area contributed by atoms with Gasteiger partial charge in [0, 0.05) is 23.7 Å². The van der Waals surface area contributed by atoms with Crippen LogP contribution < -0.4 is 0 Å². The summed E-state index contributed by atoms with van der Waals surface area (Å²) in [7, 11) is 0. The molecule has 5 nitrogen and oxygen atoms in total. The Hall–Kier alpha value is -3.04. The molecule has 0 saturated heterocycles. The van der Waals surface area contributed by atoms with Gasteiger partial charge >= 0.3 is 0 Å². The molecule has 0 fully saturated rings. The normalized spacial score (nSPS) is 9.64. The van der Waals surface area contributed by atoms with Crippen LogP contribution in [-0.2, 0) is 17.9 Å². The first kappa shape index (κ1) is 15.4. The lowest BCUT2D eigenvalue weighted by Gasteiger charge is -2.22. The number of carbonyl (C=O) groups excluding carboxylic acids is 1. The van der Waals surface area contributed by atoms with Gasteiger partial charge in [-0.2, -0.15) is 0 Å². The molecule has 2 rings (SSSR count). The van der Waals surface area contributed by atoms with E-state index >= 15 is 0 Å². The van der Waals surface area contributed by atoms with Crippen LogP contribution in [0, 0.1) is 0 Å². The van der Waals surface area contributed by atoms with E-state index in [1.54, 1.807) is 17.0 Å². The summed E-state index contributed by atoms with van der Waals surface area (Å²) in [6.45, 7) is 4.37. The van der Waals surface area contributed by atoms with Crippen LogP contribution in [-0.4, -0.2) is 10.8 Å². The molecular formula is C17H16N4O. The van der Waals surface area contributed by atoms with Crippen LogP contribution in [0.5, 0.6) is 0 Å². The van der Waals surface area contributed by atoms with E-state index in [0.717, 1.165) is 11.1 Å². The minimum Gasteiger partial charge on any atom is -0.331 e. The quantitative estimate of drug-likeness (QED) is 0.338. The number of amides is 1. The van der Waals surface area contributed by atoms with E-state index < -0.39 is 0 Å². The Balaban J connectivity index is 2.26. The van der Waals surface area contributed by atoms with Gasteiger partial charge in [-0.05, 0) is 22.7 Å². The number of nitrogens with zero attached hydrogens (tertiary/aromatic N) is 4. The standard InChI is InChI=1S/C17H16N4O/c1-2-17(22)21(12-14-8-4-3-5-9-14)13-15-10-6-7-11-16(15)19-20-18/h2-11H,1,12-13H2. The molecule has 0 N–H and O–H groups in total. The zero-order valence-corrected chi connectivity index (χ0v) is 12.1. The van der Waals surface area contributed by atoms with Crippen LogP contribution in [0.15, 0.2) is 72.4 Å². The fourth-order valence-corrected chi connectivity index (χ4v) is 2.14. The number of hydrogen-bond acceptors (Lipinski definition) is 2. The van der Waals surface area contributed by atoms with Crippen LogP contribution in [0.4, 0.5) is 5.69 Å². The molecule has 0 aliphatic heterocycles. The molecule has 0 bridgehead atoms. The van der Waals surface area contributed by atoms with E-state index in [4.69, 9.17) is 5.53 Å². The molecule has 0 aliphatic carbocycles. The predicted molar refractivity (Wildman–Crippen MR) is 86.1 cm³/mol. The van der Waals surface area contributed by atoms with E-state index in [-0.39, 0.29) is 5.91 Å². The third-order valence-corrected chi connectivity index (χ3v) is 3.21. The van der Waals surface area contributed by atoms with Crippen molar-refractivity contribution in [3.05, 3.63) is 88.8 Å². The van der Waals surface area contributed by atoms with Gasteiger partial charge in [0.15, 0.2) is 0 Å². The molecule has 0 unspecified atom stereocenters. The minimum absolute atomic E-state index is 0.167. The summed E-state index contributed by atoms with van der Waals surface area (Å²) < 4.78 is 0. The van der Waals surface area contributed by atoms with Gasteiger partial charge < -0.3 is 4.90 Å². The molecule has 0 spiro atoms. The molecule has 2 aromatic carbocycles. The molecule has 110 valence electrons. The number of rotatable bonds is 6. The largest absolute Gasteiger partial charge is 0.331 e. The summed E-state index contributed by atoms with van der Waals surface area (Å²) in [6.07, 6.45) is 1.29. The van der Waals surface area contributed by atoms with Crippen molar-refractivity contribution in [3.8, 4) is 0 Å². The highest BCUT2D eigenvalue weighted by Gasteiger charge is 2.13. The lowest BCUT2D eigenvalue weighted by Crippen LogP contribution is -2.28. The van der Waals surface area contributed by atoms with Crippen LogP contribution in [0.25, 0.3) is 10.4 Å². The molecule has 0 aromatic heterocycles. The van der Waals surface area contributed by atoms with Gasteiger partial charge in [-0.3, -0.25) is 4.79 Å². The summed E-state index contributed by atoms with van der Waals surface area (Å²) in [5.41, 5.74) is 11.0. The Morgan fingerprint density at radius 2 is 1.82 bits per heavy atom. The number of benzene rings is 2. The highest BCUT2D eigenvalue weighted by atomic mass is 16.2. The SMILES string of the molecule is C=CC(=O)N(Cc1ccccc1)Cc1ccccc1N=[N+]=[N-]. The van der Waals surface area contributed by atoms with E-state index in [0.29, 0.717) is 18.8 Å². The van der Waals surface area contributed by atoms with Gasteiger partial charge in [0.2, 0.25) is 5.91 Å². The third kappa shape index (κ3) is 3.98. The molecular weight excluding hydrogens is 276 g/mol. The Labute approximate surface area is 129 Å². The molecule has 22 heavy (non-hydrogen) atoms. The summed E-state index contributed by atoms with van der Waals surface area (Å²) in [5.74, 6) is -0.167. The van der Waals surface area contributed by atoms with Gasteiger partial charge in [-0.15, -0.1) is 0 Å². The highest BCUT2D eigenvalue weighted by Crippen LogP contribution is 2.21. The smallest absolute Gasteiger partial charge is 0.246 e. The Bertz CT molecular complexity index is 706. The summed E-state index contributed by atoms with van der Waals surface area (Å²) in [5, 5.41) is 3.67. The maximum Gasteiger partial charge on any atom is 0.246 e. The van der Waals surface area contributed by atoms with Crippen molar-refractivity contribution in [2.45, 2.75) is 13.1 Å².